The maximum Gasteiger partial charge on any atom is 0.222 e. The van der Waals surface area contributed by atoms with Gasteiger partial charge in [-0.25, -0.2) is 0 Å². The van der Waals surface area contributed by atoms with Gasteiger partial charge in [0.25, 0.3) is 0 Å². The van der Waals surface area contributed by atoms with Crippen molar-refractivity contribution in [2.45, 2.75) is 39.5 Å². The van der Waals surface area contributed by atoms with Gasteiger partial charge >= 0.3 is 0 Å². The fraction of sp³-hybridized carbons (Fsp3) is 0.833. The number of hydrogen-bond acceptors (Lipinski definition) is 3. The van der Waals surface area contributed by atoms with Gasteiger partial charge in [-0.15, -0.1) is 0 Å². The molecule has 0 fully saturated rings. The number of carbonyl (C=O) groups is 1. The Hall–Kier alpha value is -1.08. The number of hydrogen-bond donors (Lipinski definition) is 1. The van der Waals surface area contributed by atoms with Crippen LogP contribution in [0.1, 0.15) is 39.5 Å². The van der Waals surface area contributed by atoms with E-state index in [2.05, 4.69) is 13.8 Å². The molecule has 0 saturated heterocycles. The second-order valence-corrected chi connectivity index (χ2v) is 4.93. The van der Waals surface area contributed by atoms with E-state index in [9.17, 15) is 4.79 Å². The molecule has 0 aromatic heterocycles. The first-order valence-electron chi connectivity index (χ1n) is 5.74. The monoisotopic (exact) mass is 225 g/mol. The molecule has 0 rings (SSSR count). The lowest BCUT2D eigenvalue weighted by Crippen LogP contribution is -2.29. The Labute approximate surface area is 98.4 Å². The van der Waals surface area contributed by atoms with Crippen LogP contribution in [0.2, 0.25) is 0 Å². The van der Waals surface area contributed by atoms with Crippen LogP contribution >= 0.6 is 0 Å². The third kappa shape index (κ3) is 6.41. The molecule has 0 atom stereocenters. The molecular weight excluding hydrogens is 202 g/mol. The van der Waals surface area contributed by atoms with Crippen LogP contribution in [-0.2, 0) is 4.79 Å². The van der Waals surface area contributed by atoms with E-state index < -0.39 is 0 Å². The predicted octanol–water partition coefficient (Wildman–Crippen LogP) is 1.51. The SMILES string of the molecule is CN(CCC#N)C(=O)CCC(C)(C)CCN. The van der Waals surface area contributed by atoms with Crippen LogP contribution in [0.3, 0.4) is 0 Å². The van der Waals surface area contributed by atoms with Crippen molar-refractivity contribution in [2.24, 2.45) is 11.1 Å². The summed E-state index contributed by atoms with van der Waals surface area (Å²) in [4.78, 5) is 13.3. The van der Waals surface area contributed by atoms with Crippen LogP contribution in [0.4, 0.5) is 0 Å². The highest BCUT2D eigenvalue weighted by molar-refractivity contribution is 5.75. The maximum absolute atomic E-state index is 11.7. The Bertz CT molecular complexity index is 255. The minimum absolute atomic E-state index is 0.111. The normalized spacial score (nSPS) is 10.9. The van der Waals surface area contributed by atoms with Crippen molar-refractivity contribution in [3.05, 3.63) is 0 Å². The lowest BCUT2D eigenvalue weighted by Gasteiger charge is -2.24. The molecule has 2 N–H and O–H groups in total. The molecule has 0 aromatic carbocycles. The van der Waals surface area contributed by atoms with Crippen molar-refractivity contribution in [2.75, 3.05) is 20.1 Å². The molecule has 0 heterocycles. The number of nitrogens with two attached hydrogens (primary N) is 1. The quantitative estimate of drug-likeness (QED) is 0.714. The zero-order valence-electron chi connectivity index (χ0n) is 10.6. The first kappa shape index (κ1) is 14.9. The first-order valence-corrected chi connectivity index (χ1v) is 5.74. The van der Waals surface area contributed by atoms with E-state index in [1.165, 1.54) is 0 Å². The molecule has 0 bridgehead atoms. The summed E-state index contributed by atoms with van der Waals surface area (Å²) >= 11 is 0. The van der Waals surface area contributed by atoms with Gasteiger partial charge in [0.05, 0.1) is 12.5 Å². The summed E-state index contributed by atoms with van der Waals surface area (Å²) in [5.41, 5.74) is 5.64. The van der Waals surface area contributed by atoms with Gasteiger partial charge in [0.1, 0.15) is 0 Å². The minimum Gasteiger partial charge on any atom is -0.345 e. The molecule has 4 nitrogen and oxygen atoms in total. The Morgan fingerprint density at radius 2 is 2.06 bits per heavy atom. The minimum atomic E-state index is 0.111. The Morgan fingerprint density at radius 3 is 2.56 bits per heavy atom. The summed E-state index contributed by atoms with van der Waals surface area (Å²) in [6.07, 6.45) is 2.71. The number of rotatable bonds is 7. The maximum atomic E-state index is 11.7. The molecule has 16 heavy (non-hydrogen) atoms. The van der Waals surface area contributed by atoms with Crippen LogP contribution in [0.15, 0.2) is 0 Å². The van der Waals surface area contributed by atoms with Crippen LogP contribution in [0.5, 0.6) is 0 Å². The number of carbonyl (C=O) groups excluding carboxylic acids is 1. The fourth-order valence-electron chi connectivity index (χ4n) is 1.49. The highest BCUT2D eigenvalue weighted by Crippen LogP contribution is 2.26. The molecule has 0 aliphatic carbocycles. The summed E-state index contributed by atoms with van der Waals surface area (Å²) < 4.78 is 0. The molecule has 0 aliphatic rings. The molecule has 0 aliphatic heterocycles. The average molecular weight is 225 g/mol. The smallest absolute Gasteiger partial charge is 0.222 e. The van der Waals surface area contributed by atoms with Crippen LogP contribution in [0.25, 0.3) is 0 Å². The molecule has 0 radical (unpaired) electrons. The summed E-state index contributed by atoms with van der Waals surface area (Å²) in [6, 6.07) is 2.04. The Morgan fingerprint density at radius 1 is 1.44 bits per heavy atom. The molecule has 1 amide bonds. The highest BCUT2D eigenvalue weighted by atomic mass is 16.2. The van der Waals surface area contributed by atoms with Crippen molar-refractivity contribution in [3.8, 4) is 6.07 Å². The lowest BCUT2D eigenvalue weighted by atomic mass is 9.84. The molecule has 0 unspecified atom stereocenters. The zero-order chi connectivity index (χ0) is 12.6. The van der Waals surface area contributed by atoms with E-state index in [4.69, 9.17) is 11.0 Å². The van der Waals surface area contributed by atoms with Crippen molar-refractivity contribution in [1.29, 1.82) is 5.26 Å². The van der Waals surface area contributed by atoms with Crippen molar-refractivity contribution >= 4 is 5.91 Å². The number of nitriles is 1. The summed E-state index contributed by atoms with van der Waals surface area (Å²) in [7, 11) is 1.75. The predicted molar refractivity (Wildman–Crippen MR) is 64.6 cm³/mol. The summed E-state index contributed by atoms with van der Waals surface area (Å²) in [6.45, 7) is 5.43. The number of nitrogens with zero attached hydrogens (tertiary/aromatic N) is 2. The standard InChI is InChI=1S/C12H23N3O/c1-12(2,7-9-14)6-5-11(16)15(3)10-4-8-13/h4-7,9-10,14H2,1-3H3. The van der Waals surface area contributed by atoms with Crippen molar-refractivity contribution < 1.29 is 4.79 Å². The van der Waals surface area contributed by atoms with E-state index in [1.54, 1.807) is 11.9 Å². The van der Waals surface area contributed by atoms with Crippen LogP contribution < -0.4 is 5.73 Å². The van der Waals surface area contributed by atoms with Crippen molar-refractivity contribution in [1.82, 2.24) is 4.90 Å². The average Bonchev–Trinajstić information content (AvgIpc) is 2.22. The molecular formula is C12H23N3O. The number of amides is 1. The van der Waals surface area contributed by atoms with Gasteiger partial charge < -0.3 is 10.6 Å². The topological polar surface area (TPSA) is 70.1 Å². The van der Waals surface area contributed by atoms with E-state index >= 15 is 0 Å². The Balaban J connectivity index is 3.93. The molecule has 92 valence electrons. The van der Waals surface area contributed by atoms with Gasteiger partial charge in [-0.1, -0.05) is 13.8 Å². The van der Waals surface area contributed by atoms with Gasteiger partial charge in [0.2, 0.25) is 5.91 Å². The Kier molecular flexibility index (Phi) is 6.75. The molecule has 4 heteroatoms. The zero-order valence-corrected chi connectivity index (χ0v) is 10.6. The summed E-state index contributed by atoms with van der Waals surface area (Å²) in [5, 5.41) is 8.42. The van der Waals surface area contributed by atoms with E-state index in [0.29, 0.717) is 25.9 Å². The van der Waals surface area contributed by atoms with Gasteiger partial charge in [0.15, 0.2) is 0 Å². The van der Waals surface area contributed by atoms with Crippen LogP contribution in [-0.4, -0.2) is 30.9 Å². The largest absolute Gasteiger partial charge is 0.345 e. The van der Waals surface area contributed by atoms with E-state index in [-0.39, 0.29) is 11.3 Å². The van der Waals surface area contributed by atoms with Crippen molar-refractivity contribution in [3.63, 3.8) is 0 Å². The van der Waals surface area contributed by atoms with Gasteiger partial charge in [-0.2, -0.15) is 5.26 Å². The van der Waals surface area contributed by atoms with Gasteiger partial charge in [-0.3, -0.25) is 4.79 Å². The van der Waals surface area contributed by atoms with Gasteiger partial charge in [-0.05, 0) is 24.8 Å². The third-order valence-corrected chi connectivity index (χ3v) is 2.82. The first-order chi connectivity index (χ1) is 7.43. The molecule has 0 saturated carbocycles. The lowest BCUT2D eigenvalue weighted by molar-refractivity contribution is -0.130. The summed E-state index contributed by atoms with van der Waals surface area (Å²) in [5.74, 6) is 0.111. The van der Waals surface area contributed by atoms with E-state index in [0.717, 1.165) is 12.8 Å². The molecule has 0 aromatic rings. The third-order valence-electron chi connectivity index (χ3n) is 2.82. The fourth-order valence-corrected chi connectivity index (χ4v) is 1.49. The second kappa shape index (κ2) is 7.24. The highest BCUT2D eigenvalue weighted by Gasteiger charge is 2.19. The molecule has 0 spiro atoms. The second-order valence-electron chi connectivity index (χ2n) is 4.93. The van der Waals surface area contributed by atoms with Crippen LogP contribution in [0, 0.1) is 16.7 Å². The van der Waals surface area contributed by atoms with Gasteiger partial charge in [0, 0.05) is 20.0 Å². The van der Waals surface area contributed by atoms with E-state index in [1.807, 2.05) is 6.07 Å².